The molecule has 0 bridgehead atoms. The van der Waals surface area contributed by atoms with Crippen molar-refractivity contribution >= 4 is 0 Å². The number of phenolic OH excluding ortho intramolecular Hbond substituents is 1. The van der Waals surface area contributed by atoms with E-state index in [0.717, 1.165) is 25.1 Å². The molecule has 0 saturated heterocycles. The molecule has 106 valence electrons. The molecule has 1 N–H and O–H groups in total. The summed E-state index contributed by atoms with van der Waals surface area (Å²) in [4.78, 5) is 2.20. The van der Waals surface area contributed by atoms with Gasteiger partial charge >= 0.3 is 0 Å². The quantitative estimate of drug-likeness (QED) is 0.876. The second-order valence-corrected chi connectivity index (χ2v) is 4.97. The minimum Gasteiger partial charge on any atom is -0.507 e. The molecule has 20 heavy (non-hydrogen) atoms. The highest BCUT2D eigenvalue weighted by Gasteiger charge is 2.06. The third-order valence-electron chi connectivity index (χ3n) is 3.36. The van der Waals surface area contributed by atoms with Crippen LogP contribution in [0.15, 0.2) is 48.5 Å². The van der Waals surface area contributed by atoms with Crippen LogP contribution in [-0.4, -0.2) is 30.7 Å². The van der Waals surface area contributed by atoms with Gasteiger partial charge in [-0.25, -0.2) is 0 Å². The third kappa shape index (κ3) is 4.00. The fourth-order valence-corrected chi connectivity index (χ4v) is 2.14. The molecule has 3 heteroatoms. The van der Waals surface area contributed by atoms with Crippen molar-refractivity contribution in [1.82, 2.24) is 4.90 Å². The first-order valence-electron chi connectivity index (χ1n) is 6.77. The lowest BCUT2D eigenvalue weighted by atomic mass is 10.1. The van der Waals surface area contributed by atoms with Crippen molar-refractivity contribution in [3.8, 4) is 11.5 Å². The van der Waals surface area contributed by atoms with E-state index in [1.54, 1.807) is 13.2 Å². The van der Waals surface area contributed by atoms with Crippen LogP contribution in [0.2, 0.25) is 0 Å². The maximum atomic E-state index is 9.95. The number of benzene rings is 2. The lowest BCUT2D eigenvalue weighted by Gasteiger charge is -2.17. The monoisotopic (exact) mass is 271 g/mol. The molecule has 0 heterocycles. The van der Waals surface area contributed by atoms with Crippen molar-refractivity contribution in [2.24, 2.45) is 0 Å². The van der Waals surface area contributed by atoms with Crippen LogP contribution < -0.4 is 4.74 Å². The van der Waals surface area contributed by atoms with Gasteiger partial charge in [0.2, 0.25) is 0 Å². The summed E-state index contributed by atoms with van der Waals surface area (Å²) in [7, 11) is 3.66. The van der Waals surface area contributed by atoms with E-state index in [4.69, 9.17) is 4.74 Å². The van der Waals surface area contributed by atoms with E-state index in [0.29, 0.717) is 5.75 Å². The first kappa shape index (κ1) is 14.4. The van der Waals surface area contributed by atoms with E-state index in [2.05, 4.69) is 36.2 Å². The number of rotatable bonds is 6. The van der Waals surface area contributed by atoms with Crippen LogP contribution in [0.5, 0.6) is 11.5 Å². The maximum absolute atomic E-state index is 9.95. The molecule has 2 aromatic rings. The Balaban J connectivity index is 1.89. The fourth-order valence-electron chi connectivity index (χ4n) is 2.14. The Morgan fingerprint density at radius 1 is 1.10 bits per heavy atom. The topological polar surface area (TPSA) is 32.7 Å². The Kier molecular flexibility index (Phi) is 5.02. The van der Waals surface area contributed by atoms with Crippen LogP contribution in [-0.2, 0) is 13.0 Å². The zero-order valence-corrected chi connectivity index (χ0v) is 12.0. The molecule has 3 nitrogen and oxygen atoms in total. The predicted octanol–water partition coefficient (Wildman–Crippen LogP) is 3.08. The highest BCUT2D eigenvalue weighted by Crippen LogP contribution is 2.24. The van der Waals surface area contributed by atoms with Gasteiger partial charge in [0.1, 0.15) is 11.5 Å². The highest BCUT2D eigenvalue weighted by atomic mass is 16.5. The molecule has 0 aliphatic heterocycles. The summed E-state index contributed by atoms with van der Waals surface area (Å²) >= 11 is 0. The second kappa shape index (κ2) is 6.96. The van der Waals surface area contributed by atoms with Crippen molar-refractivity contribution in [1.29, 1.82) is 0 Å². The summed E-state index contributed by atoms with van der Waals surface area (Å²) < 4.78 is 5.09. The predicted molar refractivity (Wildman–Crippen MR) is 81.1 cm³/mol. The first-order chi connectivity index (χ1) is 9.69. The van der Waals surface area contributed by atoms with E-state index >= 15 is 0 Å². The van der Waals surface area contributed by atoms with Crippen LogP contribution in [0.1, 0.15) is 11.1 Å². The Morgan fingerprint density at radius 2 is 1.85 bits per heavy atom. The highest BCUT2D eigenvalue weighted by molar-refractivity contribution is 5.39. The third-order valence-corrected chi connectivity index (χ3v) is 3.36. The molecule has 0 aliphatic rings. The SMILES string of the molecule is COc1ccc(CN(C)CCc2ccccc2)c(O)c1. The summed E-state index contributed by atoms with van der Waals surface area (Å²) in [6.07, 6.45) is 1.01. The number of hydrogen-bond donors (Lipinski definition) is 1. The standard InChI is InChI=1S/C17H21NO2/c1-18(11-10-14-6-4-3-5-7-14)13-15-8-9-16(20-2)12-17(15)19/h3-9,12,19H,10-11,13H2,1-2H3. The minimum atomic E-state index is 0.288. The fraction of sp³-hybridized carbons (Fsp3) is 0.294. The van der Waals surface area contributed by atoms with Crippen molar-refractivity contribution in [3.05, 3.63) is 59.7 Å². The van der Waals surface area contributed by atoms with Crippen molar-refractivity contribution in [2.75, 3.05) is 20.7 Å². The zero-order chi connectivity index (χ0) is 14.4. The number of nitrogens with zero attached hydrogens (tertiary/aromatic N) is 1. The van der Waals surface area contributed by atoms with Gasteiger partial charge in [0.15, 0.2) is 0 Å². The van der Waals surface area contributed by atoms with E-state index in [-0.39, 0.29) is 5.75 Å². The van der Waals surface area contributed by atoms with Gasteiger partial charge in [-0.1, -0.05) is 36.4 Å². The molecule has 0 fully saturated rings. The van der Waals surface area contributed by atoms with Gasteiger partial charge in [-0.15, -0.1) is 0 Å². The van der Waals surface area contributed by atoms with Crippen LogP contribution in [0, 0.1) is 0 Å². The second-order valence-electron chi connectivity index (χ2n) is 4.97. The van der Waals surface area contributed by atoms with E-state index in [1.165, 1.54) is 5.56 Å². The number of ether oxygens (including phenoxy) is 1. The Labute approximate surface area is 120 Å². The van der Waals surface area contributed by atoms with Gasteiger partial charge in [0, 0.05) is 24.7 Å². The average molecular weight is 271 g/mol. The molecule has 0 amide bonds. The lowest BCUT2D eigenvalue weighted by molar-refractivity contribution is 0.323. The summed E-state index contributed by atoms with van der Waals surface area (Å²) in [6, 6.07) is 15.9. The Morgan fingerprint density at radius 3 is 2.50 bits per heavy atom. The van der Waals surface area contributed by atoms with Crippen LogP contribution in [0.4, 0.5) is 0 Å². The van der Waals surface area contributed by atoms with Crippen LogP contribution in [0.3, 0.4) is 0 Å². The van der Waals surface area contributed by atoms with Gasteiger partial charge in [-0.05, 0) is 25.1 Å². The number of likely N-dealkylation sites (N-methyl/N-ethyl adjacent to an activating group) is 1. The van der Waals surface area contributed by atoms with E-state index in [9.17, 15) is 5.11 Å². The molecule has 2 rings (SSSR count). The van der Waals surface area contributed by atoms with Gasteiger partial charge in [0.25, 0.3) is 0 Å². The molecule has 0 saturated carbocycles. The number of hydrogen-bond acceptors (Lipinski definition) is 3. The molecular formula is C17H21NO2. The van der Waals surface area contributed by atoms with Gasteiger partial charge in [-0.2, -0.15) is 0 Å². The summed E-state index contributed by atoms with van der Waals surface area (Å²) in [5, 5.41) is 9.95. The maximum Gasteiger partial charge on any atom is 0.123 e. The summed E-state index contributed by atoms with van der Waals surface area (Å²) in [6.45, 7) is 1.68. The molecule has 0 atom stereocenters. The largest absolute Gasteiger partial charge is 0.507 e. The first-order valence-corrected chi connectivity index (χ1v) is 6.77. The Hall–Kier alpha value is -2.00. The average Bonchev–Trinajstić information content (AvgIpc) is 2.48. The van der Waals surface area contributed by atoms with Crippen molar-refractivity contribution < 1.29 is 9.84 Å². The lowest BCUT2D eigenvalue weighted by Crippen LogP contribution is -2.20. The molecule has 0 aliphatic carbocycles. The summed E-state index contributed by atoms with van der Waals surface area (Å²) in [5.74, 6) is 0.967. The molecular weight excluding hydrogens is 250 g/mol. The normalized spacial score (nSPS) is 10.8. The molecule has 0 radical (unpaired) electrons. The van der Waals surface area contributed by atoms with Crippen molar-refractivity contribution in [3.63, 3.8) is 0 Å². The molecule has 0 spiro atoms. The van der Waals surface area contributed by atoms with E-state index < -0.39 is 0 Å². The smallest absolute Gasteiger partial charge is 0.123 e. The zero-order valence-electron chi connectivity index (χ0n) is 12.0. The minimum absolute atomic E-state index is 0.288. The van der Waals surface area contributed by atoms with Gasteiger partial charge in [0.05, 0.1) is 7.11 Å². The van der Waals surface area contributed by atoms with Crippen LogP contribution in [0.25, 0.3) is 0 Å². The molecule has 0 aromatic heterocycles. The number of methoxy groups -OCH3 is 1. The number of phenols is 1. The Bertz CT molecular complexity index is 540. The van der Waals surface area contributed by atoms with Gasteiger partial charge < -0.3 is 14.7 Å². The molecule has 2 aromatic carbocycles. The summed E-state index contributed by atoms with van der Waals surface area (Å²) in [5.41, 5.74) is 2.25. The van der Waals surface area contributed by atoms with Gasteiger partial charge in [-0.3, -0.25) is 0 Å². The molecule has 0 unspecified atom stereocenters. The van der Waals surface area contributed by atoms with E-state index in [1.807, 2.05) is 18.2 Å². The van der Waals surface area contributed by atoms with Crippen molar-refractivity contribution in [2.45, 2.75) is 13.0 Å². The number of aromatic hydroxyl groups is 1. The van der Waals surface area contributed by atoms with Crippen LogP contribution >= 0.6 is 0 Å².